The standard InChI is InChI=1S/C14H11ClN4O4S2/c1-19-14(21)9-5-3-2-4-8(9)12(17-19)13(20)16-18-25(22,23)11-7-6-10(15)24-11/h2-7,18H,1H3,(H,16,20). The van der Waals surface area contributed by atoms with Crippen LogP contribution < -0.4 is 15.8 Å². The molecule has 0 bridgehead atoms. The Hall–Kier alpha value is -2.27. The highest BCUT2D eigenvalue weighted by Gasteiger charge is 2.20. The van der Waals surface area contributed by atoms with Crippen molar-refractivity contribution in [3.63, 3.8) is 0 Å². The molecule has 0 radical (unpaired) electrons. The molecule has 0 atom stereocenters. The van der Waals surface area contributed by atoms with Crippen molar-refractivity contribution in [1.29, 1.82) is 0 Å². The zero-order valence-corrected chi connectivity index (χ0v) is 15.1. The Morgan fingerprint density at radius 2 is 1.88 bits per heavy atom. The van der Waals surface area contributed by atoms with Crippen LogP contribution in [0.25, 0.3) is 10.8 Å². The summed E-state index contributed by atoms with van der Waals surface area (Å²) in [7, 11) is -2.55. The van der Waals surface area contributed by atoms with Crippen LogP contribution in [0.2, 0.25) is 4.34 Å². The van der Waals surface area contributed by atoms with E-state index in [2.05, 4.69) is 10.5 Å². The number of rotatable bonds is 4. The molecule has 3 aromatic rings. The molecule has 0 aliphatic carbocycles. The van der Waals surface area contributed by atoms with E-state index >= 15 is 0 Å². The summed E-state index contributed by atoms with van der Waals surface area (Å²) in [5.74, 6) is -0.793. The van der Waals surface area contributed by atoms with Crippen LogP contribution in [0.15, 0.2) is 45.4 Å². The van der Waals surface area contributed by atoms with E-state index in [4.69, 9.17) is 11.6 Å². The number of thiophene rings is 1. The van der Waals surface area contributed by atoms with Crippen molar-refractivity contribution in [2.45, 2.75) is 4.21 Å². The highest BCUT2D eigenvalue weighted by atomic mass is 35.5. The lowest BCUT2D eigenvalue weighted by Gasteiger charge is -2.09. The molecular weight excluding hydrogens is 388 g/mol. The van der Waals surface area contributed by atoms with Gasteiger partial charge in [0.25, 0.3) is 21.5 Å². The lowest BCUT2D eigenvalue weighted by Crippen LogP contribution is -2.42. The fraction of sp³-hybridized carbons (Fsp3) is 0.0714. The molecule has 2 aromatic heterocycles. The number of halogens is 1. The summed E-state index contributed by atoms with van der Waals surface area (Å²) in [6.07, 6.45) is 0. The van der Waals surface area contributed by atoms with Gasteiger partial charge in [0.1, 0.15) is 4.21 Å². The van der Waals surface area contributed by atoms with Crippen LogP contribution in [0.3, 0.4) is 0 Å². The second-order valence-corrected chi connectivity index (χ2v) is 8.57. The topological polar surface area (TPSA) is 110 Å². The van der Waals surface area contributed by atoms with Crippen LogP contribution in [0.4, 0.5) is 0 Å². The predicted octanol–water partition coefficient (Wildman–Crippen LogP) is 1.27. The van der Waals surface area contributed by atoms with Crippen molar-refractivity contribution < 1.29 is 13.2 Å². The van der Waals surface area contributed by atoms with Gasteiger partial charge in [-0.1, -0.05) is 29.8 Å². The largest absolute Gasteiger partial charge is 0.287 e. The number of carbonyl (C=O) groups is 1. The first kappa shape index (κ1) is 17.5. The number of fused-ring (bicyclic) bond motifs is 1. The maximum absolute atomic E-state index is 12.4. The van der Waals surface area contributed by atoms with Gasteiger partial charge in [0.2, 0.25) is 0 Å². The van der Waals surface area contributed by atoms with Crippen molar-refractivity contribution >= 4 is 49.6 Å². The van der Waals surface area contributed by atoms with Gasteiger partial charge in [-0.05, 0) is 18.2 Å². The highest BCUT2D eigenvalue weighted by molar-refractivity contribution is 7.91. The Kier molecular flexibility index (Phi) is 4.60. The molecule has 1 amide bonds. The molecule has 130 valence electrons. The molecule has 0 fully saturated rings. The molecule has 8 nitrogen and oxygen atoms in total. The third-order valence-corrected chi connectivity index (χ3v) is 6.25. The monoisotopic (exact) mass is 398 g/mol. The molecule has 1 aromatic carbocycles. The van der Waals surface area contributed by atoms with E-state index in [1.807, 2.05) is 4.83 Å². The summed E-state index contributed by atoms with van der Waals surface area (Å²) in [5, 5.41) is 4.54. The van der Waals surface area contributed by atoms with Crippen LogP contribution in [0, 0.1) is 0 Å². The SMILES string of the molecule is Cn1nc(C(=O)NNS(=O)(=O)c2ccc(Cl)s2)c2ccccc2c1=O. The van der Waals surface area contributed by atoms with Gasteiger partial charge in [-0.25, -0.2) is 13.1 Å². The fourth-order valence-electron chi connectivity index (χ4n) is 2.13. The molecule has 0 aliphatic rings. The third kappa shape index (κ3) is 3.42. The average Bonchev–Trinajstić information content (AvgIpc) is 3.03. The Balaban J connectivity index is 1.91. The van der Waals surface area contributed by atoms with Gasteiger partial charge in [-0.3, -0.25) is 15.0 Å². The van der Waals surface area contributed by atoms with Crippen molar-refractivity contribution in [2.24, 2.45) is 7.05 Å². The minimum atomic E-state index is -3.96. The number of hydrazine groups is 1. The molecule has 11 heteroatoms. The number of benzene rings is 1. The molecule has 0 saturated carbocycles. The molecule has 2 heterocycles. The Morgan fingerprint density at radius 1 is 1.20 bits per heavy atom. The quantitative estimate of drug-likeness (QED) is 0.643. The zero-order chi connectivity index (χ0) is 18.2. The number of hydrogen-bond acceptors (Lipinski definition) is 6. The van der Waals surface area contributed by atoms with E-state index in [1.54, 1.807) is 24.3 Å². The first-order valence-corrected chi connectivity index (χ1v) is 9.51. The molecule has 0 aliphatic heterocycles. The summed E-state index contributed by atoms with van der Waals surface area (Å²) in [6.45, 7) is 0. The van der Waals surface area contributed by atoms with Crippen LogP contribution in [-0.2, 0) is 17.1 Å². The van der Waals surface area contributed by atoms with Gasteiger partial charge in [0, 0.05) is 12.4 Å². The fourth-order valence-corrected chi connectivity index (χ4v) is 4.45. The number of aromatic nitrogens is 2. The molecule has 0 spiro atoms. The second kappa shape index (κ2) is 6.56. The highest BCUT2D eigenvalue weighted by Crippen LogP contribution is 2.25. The van der Waals surface area contributed by atoms with Crippen molar-refractivity contribution in [2.75, 3.05) is 0 Å². The van der Waals surface area contributed by atoms with E-state index in [1.165, 1.54) is 19.2 Å². The van der Waals surface area contributed by atoms with E-state index in [-0.39, 0.29) is 15.5 Å². The normalized spacial score (nSPS) is 11.6. The molecule has 0 unspecified atom stereocenters. The number of nitrogens with one attached hydrogen (secondary N) is 2. The Morgan fingerprint density at radius 3 is 2.52 bits per heavy atom. The number of sulfonamides is 1. The molecule has 0 saturated heterocycles. The van der Waals surface area contributed by atoms with Crippen LogP contribution in [-0.4, -0.2) is 24.1 Å². The number of aryl methyl sites for hydroxylation is 1. The van der Waals surface area contributed by atoms with Crippen LogP contribution in [0.5, 0.6) is 0 Å². The van der Waals surface area contributed by atoms with Crippen molar-refractivity contribution in [3.8, 4) is 0 Å². The lowest BCUT2D eigenvalue weighted by molar-refractivity contribution is 0.0940. The summed E-state index contributed by atoms with van der Waals surface area (Å²) in [5.41, 5.74) is 1.66. The minimum Gasteiger partial charge on any atom is -0.272 e. The summed E-state index contributed by atoms with van der Waals surface area (Å²) < 4.78 is 25.5. The lowest BCUT2D eigenvalue weighted by atomic mass is 10.1. The number of hydrogen-bond donors (Lipinski definition) is 2. The third-order valence-electron chi connectivity index (χ3n) is 3.28. The first-order valence-electron chi connectivity index (χ1n) is 6.83. The second-order valence-electron chi connectivity index (χ2n) is 4.94. The average molecular weight is 399 g/mol. The van der Waals surface area contributed by atoms with E-state index in [0.29, 0.717) is 15.1 Å². The number of amides is 1. The summed E-state index contributed by atoms with van der Waals surface area (Å²) in [4.78, 5) is 26.4. The molecular formula is C14H11ClN4O4S2. The van der Waals surface area contributed by atoms with Crippen LogP contribution in [0.1, 0.15) is 10.5 Å². The number of carbonyl (C=O) groups excluding carboxylic acids is 1. The van der Waals surface area contributed by atoms with Gasteiger partial charge < -0.3 is 0 Å². The van der Waals surface area contributed by atoms with E-state index in [0.717, 1.165) is 16.0 Å². The Labute approximate surface area is 151 Å². The van der Waals surface area contributed by atoms with Gasteiger partial charge in [-0.15, -0.1) is 16.2 Å². The smallest absolute Gasteiger partial charge is 0.272 e. The Bertz CT molecular complexity index is 1140. The van der Waals surface area contributed by atoms with Gasteiger partial charge in [-0.2, -0.15) is 5.10 Å². The maximum atomic E-state index is 12.4. The van der Waals surface area contributed by atoms with Crippen molar-refractivity contribution in [3.05, 3.63) is 56.8 Å². The van der Waals surface area contributed by atoms with Gasteiger partial charge in [0.15, 0.2) is 5.69 Å². The van der Waals surface area contributed by atoms with Crippen LogP contribution >= 0.6 is 22.9 Å². The predicted molar refractivity (Wildman–Crippen MR) is 94.1 cm³/mol. The summed E-state index contributed by atoms with van der Waals surface area (Å²) in [6, 6.07) is 9.19. The molecule has 25 heavy (non-hydrogen) atoms. The van der Waals surface area contributed by atoms with Crippen molar-refractivity contribution in [1.82, 2.24) is 20.0 Å². The van der Waals surface area contributed by atoms with Gasteiger partial charge >= 0.3 is 0 Å². The molecule has 2 N–H and O–H groups in total. The minimum absolute atomic E-state index is 0.0453. The molecule has 3 rings (SSSR count). The maximum Gasteiger partial charge on any atom is 0.287 e. The first-order chi connectivity index (χ1) is 11.8. The van der Waals surface area contributed by atoms with Gasteiger partial charge in [0.05, 0.1) is 9.72 Å². The van der Waals surface area contributed by atoms with E-state index < -0.39 is 15.9 Å². The van der Waals surface area contributed by atoms with E-state index in [9.17, 15) is 18.0 Å². The number of nitrogens with zero attached hydrogens (tertiary/aromatic N) is 2. The zero-order valence-electron chi connectivity index (χ0n) is 12.7. The summed E-state index contributed by atoms with van der Waals surface area (Å²) >= 11 is 6.57.